The first-order chi connectivity index (χ1) is 10.8. The third-order valence-corrected chi connectivity index (χ3v) is 4.37. The van der Waals surface area contributed by atoms with Crippen LogP contribution in [0.1, 0.15) is 49.5 Å². The Bertz CT molecular complexity index is 745. The molecule has 1 aromatic carbocycles. The molecule has 1 saturated heterocycles. The summed E-state index contributed by atoms with van der Waals surface area (Å²) < 4.78 is 5.94. The van der Waals surface area contributed by atoms with Crippen LogP contribution in [0.5, 0.6) is 5.75 Å². The fourth-order valence-electron chi connectivity index (χ4n) is 3.16. The Morgan fingerprint density at radius 3 is 2.65 bits per heavy atom. The van der Waals surface area contributed by atoms with Gasteiger partial charge in [-0.2, -0.15) is 0 Å². The molecule has 0 N–H and O–H groups in total. The minimum atomic E-state index is -0.829. The number of hydrogen-bond acceptors (Lipinski definition) is 4. The number of hydrogen-bond donors (Lipinski definition) is 0. The minimum Gasteiger partial charge on any atom is -0.482 e. The van der Waals surface area contributed by atoms with E-state index in [0.29, 0.717) is 41.1 Å². The van der Waals surface area contributed by atoms with E-state index in [1.807, 2.05) is 0 Å². The first-order valence-corrected chi connectivity index (χ1v) is 7.70. The zero-order chi connectivity index (χ0) is 16.8. The van der Waals surface area contributed by atoms with Crippen LogP contribution in [0.2, 0.25) is 0 Å². The molecule has 0 aromatic heterocycles. The highest BCUT2D eigenvalue weighted by Gasteiger charge is 2.39. The molecule has 1 aromatic rings. The number of aldehydes is 1. The summed E-state index contributed by atoms with van der Waals surface area (Å²) in [6.45, 7) is 5.67. The van der Waals surface area contributed by atoms with E-state index in [9.17, 15) is 14.4 Å². The van der Waals surface area contributed by atoms with Crippen LogP contribution in [0.25, 0.3) is 5.70 Å². The summed E-state index contributed by atoms with van der Waals surface area (Å²) in [6, 6.07) is 5.14. The maximum Gasteiger partial charge on any atom is 0.227 e. The number of Topliss-reactive ketones (excluding diaryl/α,β-unsaturated/α-hetero) is 1. The second kappa shape index (κ2) is 5.33. The lowest BCUT2D eigenvalue weighted by Crippen LogP contribution is -2.39. The number of nitrogens with zero attached hydrogens (tertiary/aromatic N) is 1. The van der Waals surface area contributed by atoms with Crippen LogP contribution in [0.3, 0.4) is 0 Å². The molecular weight excluding hydrogens is 294 g/mol. The topological polar surface area (TPSA) is 63.7 Å². The SMILES string of the molecule is CC(=O)c1ccc2c(c1)C(N1CCCC1=O)=C(C=O)C(C)(C)O2. The molecule has 0 radical (unpaired) electrons. The fourth-order valence-corrected chi connectivity index (χ4v) is 3.16. The van der Waals surface area contributed by atoms with Crippen molar-refractivity contribution >= 4 is 23.7 Å². The van der Waals surface area contributed by atoms with Gasteiger partial charge in [-0.05, 0) is 45.4 Å². The van der Waals surface area contributed by atoms with Gasteiger partial charge in [-0.1, -0.05) is 0 Å². The standard InChI is InChI=1S/C18H19NO4/c1-11(21)12-6-7-15-13(9-12)17(19-8-4-5-16(19)22)14(10-20)18(2,3)23-15/h6-7,9-10H,4-5,8H2,1-3H3. The lowest BCUT2D eigenvalue weighted by atomic mass is 9.89. The Hall–Kier alpha value is -2.43. The maximum absolute atomic E-state index is 12.2. The van der Waals surface area contributed by atoms with E-state index in [-0.39, 0.29) is 11.7 Å². The minimum absolute atomic E-state index is 0.00349. The van der Waals surface area contributed by atoms with Crippen LogP contribution in [0.15, 0.2) is 23.8 Å². The average Bonchev–Trinajstić information content (AvgIpc) is 2.90. The molecule has 120 valence electrons. The number of carbonyl (C=O) groups is 3. The molecular formula is C18H19NO4. The van der Waals surface area contributed by atoms with Gasteiger partial charge in [0.1, 0.15) is 11.4 Å². The van der Waals surface area contributed by atoms with Gasteiger partial charge in [0.05, 0.1) is 11.3 Å². The number of rotatable bonds is 3. The van der Waals surface area contributed by atoms with Crippen molar-refractivity contribution in [2.75, 3.05) is 6.54 Å². The van der Waals surface area contributed by atoms with Gasteiger partial charge in [0.25, 0.3) is 0 Å². The van der Waals surface area contributed by atoms with Crippen molar-refractivity contribution in [2.24, 2.45) is 0 Å². The van der Waals surface area contributed by atoms with Crippen LogP contribution in [-0.4, -0.2) is 35.0 Å². The Labute approximate surface area is 134 Å². The monoisotopic (exact) mass is 313 g/mol. The van der Waals surface area contributed by atoms with Gasteiger partial charge in [0.2, 0.25) is 5.91 Å². The number of fused-ring (bicyclic) bond motifs is 1. The normalized spacial score (nSPS) is 19.4. The van der Waals surface area contributed by atoms with E-state index < -0.39 is 5.60 Å². The van der Waals surface area contributed by atoms with Gasteiger partial charge in [0.15, 0.2) is 12.1 Å². The Balaban J connectivity index is 2.27. The van der Waals surface area contributed by atoms with Gasteiger partial charge in [-0.3, -0.25) is 14.4 Å². The molecule has 2 aliphatic rings. The number of benzene rings is 1. The van der Waals surface area contributed by atoms with Crippen molar-refractivity contribution in [1.29, 1.82) is 0 Å². The van der Waals surface area contributed by atoms with Crippen molar-refractivity contribution in [3.63, 3.8) is 0 Å². The zero-order valence-electron chi connectivity index (χ0n) is 13.5. The summed E-state index contributed by atoms with van der Waals surface area (Å²) in [7, 11) is 0. The Kier molecular flexibility index (Phi) is 3.59. The largest absolute Gasteiger partial charge is 0.482 e. The summed E-state index contributed by atoms with van der Waals surface area (Å²) in [5.74, 6) is 0.508. The van der Waals surface area contributed by atoms with Gasteiger partial charge in [0, 0.05) is 24.1 Å². The van der Waals surface area contributed by atoms with Crippen molar-refractivity contribution in [3.8, 4) is 5.75 Å². The number of likely N-dealkylation sites (tertiary alicyclic amines) is 1. The van der Waals surface area contributed by atoms with Crippen LogP contribution >= 0.6 is 0 Å². The molecule has 1 fully saturated rings. The first-order valence-electron chi connectivity index (χ1n) is 7.70. The van der Waals surface area contributed by atoms with Gasteiger partial charge < -0.3 is 9.64 Å². The number of carbonyl (C=O) groups excluding carboxylic acids is 3. The van der Waals surface area contributed by atoms with Crippen LogP contribution in [-0.2, 0) is 9.59 Å². The summed E-state index contributed by atoms with van der Waals surface area (Å²) >= 11 is 0. The third-order valence-electron chi connectivity index (χ3n) is 4.37. The van der Waals surface area contributed by atoms with Crippen molar-refractivity contribution < 1.29 is 19.1 Å². The summed E-state index contributed by atoms with van der Waals surface area (Å²) in [4.78, 5) is 37.3. The van der Waals surface area contributed by atoms with Crippen LogP contribution in [0, 0.1) is 0 Å². The second-order valence-electron chi connectivity index (χ2n) is 6.41. The van der Waals surface area contributed by atoms with Crippen molar-refractivity contribution in [2.45, 2.75) is 39.2 Å². The van der Waals surface area contributed by atoms with E-state index in [1.54, 1.807) is 36.9 Å². The molecule has 5 nitrogen and oxygen atoms in total. The molecule has 2 heterocycles. The third kappa shape index (κ3) is 2.46. The molecule has 5 heteroatoms. The molecule has 0 atom stereocenters. The van der Waals surface area contributed by atoms with Crippen LogP contribution < -0.4 is 4.74 Å². The highest BCUT2D eigenvalue weighted by Crippen LogP contribution is 2.43. The molecule has 0 bridgehead atoms. The molecule has 0 spiro atoms. The second-order valence-corrected chi connectivity index (χ2v) is 6.41. The smallest absolute Gasteiger partial charge is 0.227 e. The number of amides is 1. The predicted octanol–water partition coefficient (Wildman–Crippen LogP) is 2.59. The Morgan fingerprint density at radius 2 is 2.09 bits per heavy atom. The molecule has 0 unspecified atom stereocenters. The van der Waals surface area contributed by atoms with Gasteiger partial charge >= 0.3 is 0 Å². The van der Waals surface area contributed by atoms with Gasteiger partial charge in [-0.25, -0.2) is 0 Å². The number of ketones is 1. The highest BCUT2D eigenvalue weighted by atomic mass is 16.5. The van der Waals surface area contributed by atoms with E-state index in [1.165, 1.54) is 6.92 Å². The molecule has 23 heavy (non-hydrogen) atoms. The van der Waals surface area contributed by atoms with Crippen molar-refractivity contribution in [3.05, 3.63) is 34.9 Å². The fraction of sp³-hybridized carbons (Fsp3) is 0.389. The summed E-state index contributed by atoms with van der Waals surface area (Å²) in [5.41, 5.74) is 1.35. The van der Waals surface area contributed by atoms with Crippen molar-refractivity contribution in [1.82, 2.24) is 4.90 Å². The summed E-state index contributed by atoms with van der Waals surface area (Å²) in [5, 5.41) is 0. The molecule has 0 saturated carbocycles. The van der Waals surface area contributed by atoms with Gasteiger partial charge in [-0.15, -0.1) is 0 Å². The molecule has 1 amide bonds. The molecule has 3 rings (SSSR count). The Morgan fingerprint density at radius 1 is 1.35 bits per heavy atom. The maximum atomic E-state index is 12.2. The molecule has 2 aliphatic heterocycles. The average molecular weight is 313 g/mol. The summed E-state index contributed by atoms with van der Waals surface area (Å²) in [6.07, 6.45) is 1.99. The first kappa shape index (κ1) is 15.5. The van der Waals surface area contributed by atoms with E-state index in [4.69, 9.17) is 4.74 Å². The quantitative estimate of drug-likeness (QED) is 0.635. The zero-order valence-corrected chi connectivity index (χ0v) is 13.5. The number of ether oxygens (including phenoxy) is 1. The van der Waals surface area contributed by atoms with E-state index in [0.717, 1.165) is 12.7 Å². The van der Waals surface area contributed by atoms with Crippen LogP contribution in [0.4, 0.5) is 0 Å². The lowest BCUT2D eigenvalue weighted by molar-refractivity contribution is -0.125. The van der Waals surface area contributed by atoms with E-state index >= 15 is 0 Å². The molecule has 0 aliphatic carbocycles. The van der Waals surface area contributed by atoms with E-state index in [2.05, 4.69) is 0 Å². The lowest BCUT2D eigenvalue weighted by Gasteiger charge is -2.37. The predicted molar refractivity (Wildman–Crippen MR) is 85.1 cm³/mol. The highest BCUT2D eigenvalue weighted by molar-refractivity contribution is 6.01.